The Labute approximate surface area is 140 Å². The number of benzene rings is 2. The van der Waals surface area contributed by atoms with Crippen LogP contribution in [-0.4, -0.2) is 13.2 Å². The van der Waals surface area contributed by atoms with Gasteiger partial charge in [-0.05, 0) is 55.3 Å². The van der Waals surface area contributed by atoms with Crippen molar-refractivity contribution in [1.29, 1.82) is 0 Å². The Bertz CT molecular complexity index is 620. The summed E-state index contributed by atoms with van der Waals surface area (Å²) in [7, 11) is 0. The largest absolute Gasteiger partial charge is 0.492 e. The zero-order valence-corrected chi connectivity index (χ0v) is 14.1. The lowest BCUT2D eigenvalue weighted by Gasteiger charge is -2.11. The molecule has 112 valence electrons. The predicted molar refractivity (Wildman–Crippen MR) is 91.4 cm³/mol. The zero-order valence-electron chi connectivity index (χ0n) is 11.8. The fourth-order valence-corrected chi connectivity index (χ4v) is 2.37. The van der Waals surface area contributed by atoms with E-state index < -0.39 is 0 Å². The highest BCUT2D eigenvalue weighted by molar-refractivity contribution is 6.42. The van der Waals surface area contributed by atoms with E-state index in [1.165, 1.54) is 0 Å². The molecule has 0 heterocycles. The van der Waals surface area contributed by atoms with Gasteiger partial charge in [-0.25, -0.2) is 0 Å². The van der Waals surface area contributed by atoms with Crippen LogP contribution in [0.2, 0.25) is 15.1 Å². The van der Waals surface area contributed by atoms with Crippen molar-refractivity contribution in [1.82, 2.24) is 0 Å². The van der Waals surface area contributed by atoms with Crippen molar-refractivity contribution < 1.29 is 4.74 Å². The van der Waals surface area contributed by atoms with Crippen LogP contribution < -0.4 is 10.1 Å². The van der Waals surface area contributed by atoms with Crippen LogP contribution in [0.1, 0.15) is 11.1 Å². The molecule has 0 aromatic heterocycles. The highest BCUT2D eigenvalue weighted by Gasteiger charge is 2.03. The topological polar surface area (TPSA) is 21.3 Å². The molecule has 21 heavy (non-hydrogen) atoms. The maximum atomic E-state index is 6.13. The molecule has 0 spiro atoms. The second kappa shape index (κ2) is 7.26. The lowest BCUT2D eigenvalue weighted by molar-refractivity contribution is 0.332. The molecule has 2 nitrogen and oxygen atoms in total. The van der Waals surface area contributed by atoms with E-state index in [1.807, 2.05) is 32.0 Å². The average Bonchev–Trinajstić information content (AvgIpc) is 2.44. The second-order valence-corrected chi connectivity index (χ2v) is 5.97. The summed E-state index contributed by atoms with van der Waals surface area (Å²) in [5, 5.41) is 5.10. The summed E-state index contributed by atoms with van der Waals surface area (Å²) in [6.45, 7) is 5.14. The Hall–Kier alpha value is -1.09. The van der Waals surface area contributed by atoms with Crippen molar-refractivity contribution >= 4 is 40.5 Å². The Morgan fingerprint density at radius 3 is 2.24 bits per heavy atom. The smallest absolute Gasteiger partial charge is 0.120 e. The maximum Gasteiger partial charge on any atom is 0.120 e. The first-order valence-electron chi connectivity index (χ1n) is 6.56. The molecule has 2 rings (SSSR count). The third-order valence-electron chi connectivity index (χ3n) is 3.03. The molecule has 0 aliphatic rings. The SMILES string of the molecule is Cc1cc(OCCNc2ccc(Cl)c(Cl)c2)cc(C)c1Cl. The minimum absolute atomic E-state index is 0.534. The quantitative estimate of drug-likeness (QED) is 0.697. The molecular formula is C16H16Cl3NO. The van der Waals surface area contributed by atoms with Crippen molar-refractivity contribution in [3.63, 3.8) is 0 Å². The van der Waals surface area contributed by atoms with Crippen molar-refractivity contribution in [2.75, 3.05) is 18.5 Å². The van der Waals surface area contributed by atoms with Crippen LogP contribution in [-0.2, 0) is 0 Å². The Balaban J connectivity index is 1.86. The van der Waals surface area contributed by atoms with Crippen molar-refractivity contribution in [3.8, 4) is 5.75 Å². The van der Waals surface area contributed by atoms with Gasteiger partial charge in [-0.3, -0.25) is 0 Å². The van der Waals surface area contributed by atoms with E-state index in [9.17, 15) is 0 Å². The molecule has 2 aromatic carbocycles. The molecule has 2 aromatic rings. The first-order chi connectivity index (χ1) is 9.97. The molecule has 0 aliphatic carbocycles. The Kier molecular flexibility index (Phi) is 5.63. The summed E-state index contributed by atoms with van der Waals surface area (Å²) >= 11 is 18.0. The third kappa shape index (κ3) is 4.44. The summed E-state index contributed by atoms with van der Waals surface area (Å²) in [4.78, 5) is 0. The minimum atomic E-state index is 0.534. The molecule has 0 radical (unpaired) electrons. The predicted octanol–water partition coefficient (Wildman–Crippen LogP) is 5.75. The first-order valence-corrected chi connectivity index (χ1v) is 7.69. The van der Waals surface area contributed by atoms with Crippen LogP contribution in [0.4, 0.5) is 5.69 Å². The van der Waals surface area contributed by atoms with Gasteiger partial charge in [0, 0.05) is 17.3 Å². The zero-order chi connectivity index (χ0) is 15.4. The third-order valence-corrected chi connectivity index (χ3v) is 4.36. The number of halogens is 3. The number of nitrogens with one attached hydrogen (secondary N) is 1. The van der Waals surface area contributed by atoms with E-state index in [0.717, 1.165) is 27.6 Å². The number of aryl methyl sites for hydroxylation is 2. The summed E-state index contributed by atoms with van der Waals surface area (Å²) in [6, 6.07) is 9.31. The van der Waals surface area contributed by atoms with Gasteiger partial charge >= 0.3 is 0 Å². The van der Waals surface area contributed by atoms with Gasteiger partial charge in [-0.15, -0.1) is 0 Å². The van der Waals surface area contributed by atoms with Gasteiger partial charge in [-0.2, -0.15) is 0 Å². The van der Waals surface area contributed by atoms with Gasteiger partial charge in [0.15, 0.2) is 0 Å². The van der Waals surface area contributed by atoms with Gasteiger partial charge < -0.3 is 10.1 Å². The molecule has 1 N–H and O–H groups in total. The summed E-state index contributed by atoms with van der Waals surface area (Å²) in [5.41, 5.74) is 2.95. The second-order valence-electron chi connectivity index (χ2n) is 4.78. The lowest BCUT2D eigenvalue weighted by atomic mass is 10.1. The van der Waals surface area contributed by atoms with E-state index in [0.29, 0.717) is 23.2 Å². The monoisotopic (exact) mass is 343 g/mol. The van der Waals surface area contributed by atoms with Crippen molar-refractivity contribution in [2.24, 2.45) is 0 Å². The molecule has 0 bridgehead atoms. The van der Waals surface area contributed by atoms with Crippen LogP contribution in [0.15, 0.2) is 30.3 Å². The number of rotatable bonds is 5. The molecule has 0 saturated carbocycles. The van der Waals surface area contributed by atoms with Crippen LogP contribution in [0, 0.1) is 13.8 Å². The highest BCUT2D eigenvalue weighted by Crippen LogP contribution is 2.26. The van der Waals surface area contributed by atoms with Gasteiger partial charge in [0.25, 0.3) is 0 Å². The number of hydrogen-bond acceptors (Lipinski definition) is 2. The minimum Gasteiger partial charge on any atom is -0.492 e. The maximum absolute atomic E-state index is 6.13. The number of ether oxygens (including phenoxy) is 1. The molecule has 0 saturated heterocycles. The lowest BCUT2D eigenvalue weighted by Crippen LogP contribution is -2.11. The van der Waals surface area contributed by atoms with E-state index >= 15 is 0 Å². The first kappa shape index (κ1) is 16.3. The Morgan fingerprint density at radius 2 is 1.62 bits per heavy atom. The standard InChI is InChI=1S/C16H16Cl3NO/c1-10-7-13(8-11(2)16(10)19)21-6-5-20-12-3-4-14(17)15(18)9-12/h3-4,7-9,20H,5-6H2,1-2H3. The summed E-state index contributed by atoms with van der Waals surface area (Å²) in [5.74, 6) is 0.824. The Morgan fingerprint density at radius 1 is 0.952 bits per heavy atom. The molecule has 0 amide bonds. The van der Waals surface area contributed by atoms with Gasteiger partial charge in [-0.1, -0.05) is 34.8 Å². The molecular weight excluding hydrogens is 329 g/mol. The van der Waals surface area contributed by atoms with Gasteiger partial charge in [0.2, 0.25) is 0 Å². The van der Waals surface area contributed by atoms with Gasteiger partial charge in [0.05, 0.1) is 10.0 Å². The molecule has 0 unspecified atom stereocenters. The van der Waals surface area contributed by atoms with Crippen LogP contribution in [0.5, 0.6) is 5.75 Å². The van der Waals surface area contributed by atoms with E-state index in [1.54, 1.807) is 12.1 Å². The van der Waals surface area contributed by atoms with E-state index in [2.05, 4.69) is 5.32 Å². The highest BCUT2D eigenvalue weighted by atomic mass is 35.5. The molecule has 0 fully saturated rings. The molecule has 0 atom stereocenters. The fourth-order valence-electron chi connectivity index (χ4n) is 1.96. The normalized spacial score (nSPS) is 10.5. The van der Waals surface area contributed by atoms with Crippen LogP contribution >= 0.6 is 34.8 Å². The van der Waals surface area contributed by atoms with Crippen LogP contribution in [0.3, 0.4) is 0 Å². The molecule has 0 aliphatic heterocycles. The summed E-state index contributed by atoms with van der Waals surface area (Å²) in [6.07, 6.45) is 0. The summed E-state index contributed by atoms with van der Waals surface area (Å²) < 4.78 is 5.72. The number of anilines is 1. The van der Waals surface area contributed by atoms with Crippen molar-refractivity contribution in [3.05, 3.63) is 56.5 Å². The van der Waals surface area contributed by atoms with Gasteiger partial charge in [0.1, 0.15) is 12.4 Å². The molecule has 5 heteroatoms. The van der Waals surface area contributed by atoms with Crippen molar-refractivity contribution in [2.45, 2.75) is 13.8 Å². The number of hydrogen-bond donors (Lipinski definition) is 1. The van der Waals surface area contributed by atoms with E-state index in [4.69, 9.17) is 39.5 Å². The van der Waals surface area contributed by atoms with Crippen LogP contribution in [0.25, 0.3) is 0 Å². The average molecular weight is 345 g/mol. The van der Waals surface area contributed by atoms with E-state index in [-0.39, 0.29) is 0 Å². The fraction of sp³-hybridized carbons (Fsp3) is 0.250.